The van der Waals surface area contributed by atoms with Crippen molar-refractivity contribution in [1.82, 2.24) is 9.80 Å². The Bertz CT molecular complexity index is 1200. The molecule has 0 amide bonds. The first kappa shape index (κ1) is 34.4. The molecule has 4 rings (SSSR count). The number of rotatable bonds is 12. The number of benzene rings is 2. The van der Waals surface area contributed by atoms with Crippen molar-refractivity contribution in [2.75, 3.05) is 26.2 Å². The van der Waals surface area contributed by atoms with Crippen LogP contribution in [0.4, 0.5) is 13.2 Å². The second-order valence-electron chi connectivity index (χ2n) is 11.8. The fourth-order valence-electron chi connectivity index (χ4n) is 5.82. The highest BCUT2D eigenvalue weighted by molar-refractivity contribution is 7.21. The molecule has 0 radical (unpaired) electrons. The lowest BCUT2D eigenvalue weighted by molar-refractivity contribution is -0.117. The number of carbonyl (C=O) groups excluding carboxylic acids is 1. The number of ketones is 1. The summed E-state index contributed by atoms with van der Waals surface area (Å²) in [6.07, 6.45) is 6.66. The van der Waals surface area contributed by atoms with Crippen molar-refractivity contribution in [2.45, 2.75) is 104 Å². The third kappa shape index (κ3) is 8.98. The van der Waals surface area contributed by atoms with E-state index in [-0.39, 0.29) is 17.3 Å². The van der Waals surface area contributed by atoms with Crippen molar-refractivity contribution in [3.8, 4) is 0 Å². The molecule has 1 fully saturated rings. The molecule has 2 atom stereocenters. The summed E-state index contributed by atoms with van der Waals surface area (Å²) < 4.78 is 47.3. The van der Waals surface area contributed by atoms with Crippen molar-refractivity contribution in [3.05, 3.63) is 70.5 Å². The molecule has 2 aromatic rings. The fourth-order valence-corrected chi connectivity index (χ4v) is 6.32. The number of carbonyl (C=O) groups is 1. The maximum absolute atomic E-state index is 13.9. The number of fused-ring (bicyclic) bond motifs is 2. The van der Waals surface area contributed by atoms with Crippen LogP contribution < -0.4 is 0 Å². The van der Waals surface area contributed by atoms with Crippen LogP contribution in [0.5, 0.6) is 0 Å². The van der Waals surface area contributed by atoms with Crippen molar-refractivity contribution >= 4 is 20.1 Å². The summed E-state index contributed by atoms with van der Waals surface area (Å²) >= 11 is 0. The zero-order chi connectivity index (χ0) is 30.9. The van der Waals surface area contributed by atoms with Crippen LogP contribution in [0.2, 0.25) is 0 Å². The zero-order valence-corrected chi connectivity index (χ0v) is 26.9. The van der Waals surface area contributed by atoms with Gasteiger partial charge in [0.15, 0.2) is 11.6 Å². The molecule has 2 unspecified atom stereocenters. The van der Waals surface area contributed by atoms with Gasteiger partial charge >= 0.3 is 0 Å². The topological polar surface area (TPSA) is 32.8 Å². The summed E-state index contributed by atoms with van der Waals surface area (Å²) in [6.45, 7) is 14.3. The van der Waals surface area contributed by atoms with Crippen LogP contribution in [0.25, 0.3) is 0 Å². The normalized spacial score (nSPS) is 17.5. The average molecular weight is 605 g/mol. The quantitative estimate of drug-likeness (QED) is 0.229. The van der Waals surface area contributed by atoms with E-state index in [1.54, 1.807) is 19.1 Å². The minimum absolute atomic E-state index is 0.0782. The number of halogens is 3. The highest BCUT2D eigenvalue weighted by atomic mass is 31.0. The molecule has 42 heavy (non-hydrogen) atoms. The Hall–Kier alpha value is -2.05. The van der Waals surface area contributed by atoms with Gasteiger partial charge in [-0.3, -0.25) is 4.90 Å². The molecule has 2 aromatic carbocycles. The first-order chi connectivity index (χ1) is 20.0. The third-order valence-corrected chi connectivity index (χ3v) is 9.49. The molecule has 1 saturated heterocycles. The number of piperidine rings is 1. The molecule has 2 heterocycles. The summed E-state index contributed by atoms with van der Waals surface area (Å²) in [6, 6.07) is 9.47. The first-order valence-electron chi connectivity index (χ1n) is 15.5. The van der Waals surface area contributed by atoms with Gasteiger partial charge in [-0.2, -0.15) is 0 Å². The van der Waals surface area contributed by atoms with Crippen LogP contribution in [0.3, 0.4) is 0 Å². The van der Waals surface area contributed by atoms with Gasteiger partial charge in [0.05, 0.1) is 12.2 Å². The smallest absolute Gasteiger partial charge is 0.159 e. The van der Waals surface area contributed by atoms with E-state index in [1.807, 2.05) is 13.0 Å². The number of likely N-dealkylation sites (tertiary alicyclic amines) is 1. The molecule has 1 spiro atoms. The predicted octanol–water partition coefficient (Wildman–Crippen LogP) is 8.26. The Morgan fingerprint density at radius 1 is 1.05 bits per heavy atom. The lowest BCUT2D eigenvalue weighted by Crippen LogP contribution is -2.44. The highest BCUT2D eigenvalue weighted by Gasteiger charge is 2.42. The molecule has 0 aromatic heterocycles. The molecule has 232 valence electrons. The van der Waals surface area contributed by atoms with Crippen molar-refractivity contribution in [3.63, 3.8) is 0 Å². The number of hydrogen-bond acceptors (Lipinski definition) is 3. The maximum atomic E-state index is 13.9. The van der Waals surface area contributed by atoms with Gasteiger partial charge < -0.3 is 14.4 Å². The Labute approximate surface area is 252 Å². The summed E-state index contributed by atoms with van der Waals surface area (Å²) in [4.78, 5) is 15.0. The van der Waals surface area contributed by atoms with Gasteiger partial charge in [-0.1, -0.05) is 39.3 Å². The largest absolute Gasteiger partial charge is 0.365 e. The lowest BCUT2D eigenvalue weighted by atomic mass is 9.83. The van der Waals surface area contributed by atoms with Crippen LogP contribution in [-0.2, 0) is 21.7 Å². The number of nitrogens with zero attached hydrogens (tertiary/aromatic N) is 2. The van der Waals surface area contributed by atoms with Gasteiger partial charge in [-0.05, 0) is 93.5 Å². The van der Waals surface area contributed by atoms with Crippen LogP contribution in [0.15, 0.2) is 36.4 Å². The summed E-state index contributed by atoms with van der Waals surface area (Å²) in [5, 5.41) is 0. The number of hydrogen-bond donors (Lipinski definition) is 0. The molecule has 2 aliphatic rings. The number of ether oxygens (including phenoxy) is 1. The van der Waals surface area contributed by atoms with Gasteiger partial charge in [0, 0.05) is 43.4 Å². The number of unbranched alkanes of at least 4 members (excludes halogenated alkanes) is 1. The van der Waals surface area contributed by atoms with Crippen molar-refractivity contribution < 1.29 is 22.7 Å². The summed E-state index contributed by atoms with van der Waals surface area (Å²) in [5.41, 5.74) is 3.54. The van der Waals surface area contributed by atoms with Crippen molar-refractivity contribution in [2.24, 2.45) is 0 Å². The second-order valence-corrected chi connectivity index (χ2v) is 12.3. The molecule has 0 aliphatic carbocycles. The SMILES string of the molecule is CCC(C)N(CCCN1CCC2(CC1)OCc1ccc(F)cc12)C(=P)C(C)c1ccc(F)c(F)c1.CCCCC(C)=O. The lowest BCUT2D eigenvalue weighted by Gasteiger charge is -2.40. The van der Waals surface area contributed by atoms with E-state index in [1.165, 1.54) is 18.2 Å². The predicted molar refractivity (Wildman–Crippen MR) is 168 cm³/mol. The highest BCUT2D eigenvalue weighted by Crippen LogP contribution is 2.44. The molecular weight excluding hydrogens is 556 g/mol. The van der Waals surface area contributed by atoms with Crippen LogP contribution >= 0.6 is 8.86 Å². The Kier molecular flexibility index (Phi) is 13.2. The van der Waals surface area contributed by atoms with E-state index in [9.17, 15) is 18.0 Å². The van der Waals surface area contributed by atoms with Gasteiger partial charge in [0.2, 0.25) is 0 Å². The minimum atomic E-state index is -0.824. The Morgan fingerprint density at radius 2 is 1.76 bits per heavy atom. The van der Waals surface area contributed by atoms with Gasteiger partial charge in [-0.25, -0.2) is 13.2 Å². The maximum Gasteiger partial charge on any atom is 0.159 e. The molecule has 4 nitrogen and oxygen atoms in total. The molecule has 0 saturated carbocycles. The molecule has 0 N–H and O–H groups in total. The standard InChI is InChI=1S/C28H36F3N2OP.C6H12O/c1-4-19(2)33(27(35)20(3)21-7-9-25(30)26(31)16-21)13-5-12-32-14-10-28(11-15-32)24-17-23(29)8-6-22(24)18-34-28;1-3-4-5-6(2)7/h6-9,16-17,19-20,35H,4-5,10-15,18H2,1-3H3;3-5H2,1-2H3. The van der Waals surface area contributed by atoms with Gasteiger partial charge in [-0.15, -0.1) is 8.86 Å². The van der Waals surface area contributed by atoms with Crippen molar-refractivity contribution in [1.29, 1.82) is 0 Å². The summed E-state index contributed by atoms with van der Waals surface area (Å²) in [7, 11) is 3.85. The Balaban J connectivity index is 0.000000616. The average Bonchev–Trinajstić information content (AvgIpc) is 3.32. The summed E-state index contributed by atoms with van der Waals surface area (Å²) in [5.74, 6) is -1.61. The van der Waals surface area contributed by atoms with E-state index < -0.39 is 11.6 Å². The zero-order valence-electron chi connectivity index (χ0n) is 25.9. The minimum Gasteiger partial charge on any atom is -0.365 e. The molecule has 2 aliphatic heterocycles. The second kappa shape index (κ2) is 16.1. The molecular formula is C34H48F3N2O2P. The van der Waals surface area contributed by atoms with E-state index >= 15 is 0 Å². The fraction of sp³-hybridized carbons (Fsp3) is 0.588. The molecule has 8 heteroatoms. The van der Waals surface area contributed by atoms with Crippen LogP contribution in [0, 0.1) is 17.5 Å². The Morgan fingerprint density at radius 3 is 2.36 bits per heavy atom. The third-order valence-electron chi connectivity index (χ3n) is 8.77. The van der Waals surface area contributed by atoms with Crippen LogP contribution in [0.1, 0.15) is 102 Å². The van der Waals surface area contributed by atoms with E-state index in [4.69, 9.17) is 4.74 Å². The van der Waals surface area contributed by atoms with E-state index in [2.05, 4.69) is 39.4 Å². The van der Waals surface area contributed by atoms with E-state index in [0.29, 0.717) is 18.4 Å². The van der Waals surface area contributed by atoms with Gasteiger partial charge in [0.25, 0.3) is 0 Å². The first-order valence-corrected chi connectivity index (χ1v) is 16.0. The van der Waals surface area contributed by atoms with Crippen LogP contribution in [-0.4, -0.2) is 53.2 Å². The van der Waals surface area contributed by atoms with E-state index in [0.717, 1.165) is 93.2 Å². The monoisotopic (exact) mass is 604 g/mol. The molecule has 0 bridgehead atoms. The number of Topliss-reactive ketones (excluding diaryl/α,β-unsaturated/α-hetero) is 1. The van der Waals surface area contributed by atoms with Gasteiger partial charge in [0.1, 0.15) is 11.6 Å².